The topological polar surface area (TPSA) is 0 Å². The highest BCUT2D eigenvalue weighted by Crippen LogP contribution is 2.46. The molecule has 0 bridgehead atoms. The van der Waals surface area contributed by atoms with Gasteiger partial charge in [0, 0.05) is 0 Å². The molecule has 0 aromatic rings. The molecular formula is C72H120. The fraction of sp³-hybridized carbons (Fsp3) is 0.778. The first-order valence-corrected chi connectivity index (χ1v) is 32.4. The van der Waals surface area contributed by atoms with Crippen LogP contribution in [0.5, 0.6) is 0 Å². The normalized spacial score (nSPS) is 37.8. The largest absolute Gasteiger partial charge is 0.103 e. The van der Waals surface area contributed by atoms with Crippen LogP contribution >= 0.6 is 0 Å². The molecule has 0 nitrogen and oxygen atoms in total. The molecule has 8 aliphatic carbocycles. The Morgan fingerprint density at radius 3 is 0.681 bits per heavy atom. The van der Waals surface area contributed by atoms with Crippen LogP contribution in [0.3, 0.4) is 0 Å². The van der Waals surface area contributed by atoms with E-state index in [0.717, 1.165) is 94.7 Å². The van der Waals surface area contributed by atoms with Crippen LogP contribution in [0.25, 0.3) is 0 Å². The summed E-state index contributed by atoms with van der Waals surface area (Å²) in [5.74, 6) is 15.5. The molecule has 0 aliphatic heterocycles. The number of rotatable bonds is 16. The minimum atomic E-state index is 0.820. The molecule has 8 rings (SSSR count). The molecule has 0 unspecified atom stereocenters. The highest BCUT2D eigenvalue weighted by molar-refractivity contribution is 4.97. The van der Waals surface area contributed by atoms with E-state index in [9.17, 15) is 0 Å². The van der Waals surface area contributed by atoms with Crippen molar-refractivity contribution in [1.82, 2.24) is 0 Å². The third kappa shape index (κ3) is 21.9. The molecule has 8 fully saturated rings. The minimum Gasteiger partial charge on any atom is -0.103 e. The SMILES string of the molecule is C=CC1CCC(C2CCC(C=C)CC2)CC1.C=CCC1CCC(C2CCC(CC=C)CC2)CC1.CC=CC1CCC(C2CCC(C=CC)CC2)CC1.CCC=CC1CCC(C2CCC(C=CCC)CC2)CC1. The van der Waals surface area contributed by atoms with Gasteiger partial charge in [0.15, 0.2) is 0 Å². The second kappa shape index (κ2) is 36.0. The summed E-state index contributed by atoms with van der Waals surface area (Å²) < 4.78 is 0. The van der Waals surface area contributed by atoms with Crippen molar-refractivity contribution in [3.05, 3.63) is 99.2 Å². The molecule has 0 radical (unpaired) electrons. The van der Waals surface area contributed by atoms with Crippen LogP contribution in [-0.2, 0) is 0 Å². The van der Waals surface area contributed by atoms with Gasteiger partial charge in [-0.1, -0.05) is 86.8 Å². The fourth-order valence-electron chi connectivity index (χ4n) is 16.4. The monoisotopic (exact) mass is 985 g/mol. The van der Waals surface area contributed by atoms with E-state index in [1.165, 1.54) is 231 Å². The molecule has 72 heavy (non-hydrogen) atoms. The summed E-state index contributed by atoms with van der Waals surface area (Å²) in [6.45, 7) is 24.4. The number of hydrogen-bond donors (Lipinski definition) is 0. The van der Waals surface area contributed by atoms with Crippen LogP contribution in [-0.4, -0.2) is 0 Å². The Morgan fingerprint density at radius 1 is 0.278 bits per heavy atom. The van der Waals surface area contributed by atoms with Gasteiger partial charge in [-0.2, -0.15) is 0 Å². The molecule has 8 aliphatic rings. The summed E-state index contributed by atoms with van der Waals surface area (Å²) in [6.07, 6.45) is 79.4. The number of hydrogen-bond acceptors (Lipinski definition) is 0. The lowest BCUT2D eigenvalue weighted by Gasteiger charge is -2.37. The molecule has 0 N–H and O–H groups in total. The average Bonchev–Trinajstić information content (AvgIpc) is 3.44. The van der Waals surface area contributed by atoms with Gasteiger partial charge < -0.3 is 0 Å². The second-order valence-corrected chi connectivity index (χ2v) is 25.9. The van der Waals surface area contributed by atoms with Gasteiger partial charge in [-0.05, 0) is 340 Å². The standard InChI is InChI=1S/C20H34.2C18H30.C16H26/c1-3-5-7-17-9-13-19(14-10-17)20-15-11-18(12-16-20)8-6-4-2;2*1-3-5-15-7-11-17(12-8-15)18-13-9-16(6-4-2)10-14-18;1-3-13-5-9-15(10-6-13)16-11-7-14(4-2)8-12-16/h5-8,17-20H,3-4,9-16H2,1-2H3;3-6,15-18H,7-14H2,1-2H3;3-4,15-18H,1-2,5-14H2;3-4,13-16H,1-2,5-12H2. The molecule has 0 atom stereocenters. The predicted molar refractivity (Wildman–Crippen MR) is 322 cm³/mol. The summed E-state index contributed by atoms with van der Waals surface area (Å²) in [5.41, 5.74) is 0. The van der Waals surface area contributed by atoms with Gasteiger partial charge in [0.2, 0.25) is 0 Å². The van der Waals surface area contributed by atoms with E-state index in [1.807, 2.05) is 0 Å². The van der Waals surface area contributed by atoms with Crippen LogP contribution in [0, 0.1) is 94.7 Å². The maximum absolute atomic E-state index is 3.93. The van der Waals surface area contributed by atoms with Gasteiger partial charge in [0.05, 0.1) is 0 Å². The van der Waals surface area contributed by atoms with Crippen molar-refractivity contribution in [2.45, 2.75) is 259 Å². The van der Waals surface area contributed by atoms with E-state index in [-0.39, 0.29) is 0 Å². The average molecular weight is 986 g/mol. The lowest BCUT2D eigenvalue weighted by Crippen LogP contribution is -2.25. The summed E-state index contributed by atoms with van der Waals surface area (Å²) in [6, 6.07) is 0. The van der Waals surface area contributed by atoms with Crippen molar-refractivity contribution in [1.29, 1.82) is 0 Å². The number of allylic oxidation sites excluding steroid dienone is 12. The molecule has 0 spiro atoms. The molecule has 0 heteroatoms. The molecular weight excluding hydrogens is 865 g/mol. The van der Waals surface area contributed by atoms with Gasteiger partial charge in [-0.25, -0.2) is 0 Å². The van der Waals surface area contributed by atoms with Crippen molar-refractivity contribution in [2.75, 3.05) is 0 Å². The molecule has 0 amide bonds. The first-order chi connectivity index (χ1) is 35.3. The summed E-state index contributed by atoms with van der Waals surface area (Å²) in [7, 11) is 0. The van der Waals surface area contributed by atoms with Gasteiger partial charge in [-0.15, -0.1) is 26.3 Å². The van der Waals surface area contributed by atoms with E-state index in [2.05, 4.69) is 127 Å². The Kier molecular flexibility index (Phi) is 30.4. The van der Waals surface area contributed by atoms with E-state index >= 15 is 0 Å². The van der Waals surface area contributed by atoms with E-state index in [4.69, 9.17) is 0 Å². The zero-order valence-electron chi connectivity index (χ0n) is 48.5. The van der Waals surface area contributed by atoms with Gasteiger partial charge >= 0.3 is 0 Å². The van der Waals surface area contributed by atoms with Crippen molar-refractivity contribution < 1.29 is 0 Å². The zero-order chi connectivity index (χ0) is 51.2. The molecule has 0 aromatic carbocycles. The third-order valence-corrected chi connectivity index (χ3v) is 21.2. The van der Waals surface area contributed by atoms with Crippen molar-refractivity contribution in [3.8, 4) is 0 Å². The molecule has 408 valence electrons. The van der Waals surface area contributed by atoms with Gasteiger partial charge in [0.25, 0.3) is 0 Å². The molecule has 0 saturated heterocycles. The van der Waals surface area contributed by atoms with E-state index in [1.54, 1.807) is 0 Å². The highest BCUT2D eigenvalue weighted by Gasteiger charge is 2.33. The fourth-order valence-corrected chi connectivity index (χ4v) is 16.4. The molecule has 0 aromatic heterocycles. The Balaban J connectivity index is 0.000000179. The van der Waals surface area contributed by atoms with Crippen LogP contribution in [0.15, 0.2) is 99.2 Å². The first kappa shape index (κ1) is 60.8. The minimum absolute atomic E-state index is 0.820. The van der Waals surface area contributed by atoms with Gasteiger partial charge in [-0.3, -0.25) is 0 Å². The molecule has 8 saturated carbocycles. The smallest absolute Gasteiger partial charge is 0.0233 e. The lowest BCUT2D eigenvalue weighted by atomic mass is 9.68. The van der Waals surface area contributed by atoms with E-state index < -0.39 is 0 Å². The van der Waals surface area contributed by atoms with E-state index in [0.29, 0.717) is 0 Å². The lowest BCUT2D eigenvalue weighted by molar-refractivity contribution is 0.147. The predicted octanol–water partition coefficient (Wildman–Crippen LogP) is 23.0. The zero-order valence-corrected chi connectivity index (χ0v) is 48.5. The van der Waals surface area contributed by atoms with Crippen LogP contribution < -0.4 is 0 Å². The van der Waals surface area contributed by atoms with Crippen LogP contribution in [0.4, 0.5) is 0 Å². The first-order valence-electron chi connectivity index (χ1n) is 32.4. The Morgan fingerprint density at radius 2 is 0.486 bits per heavy atom. The Hall–Kier alpha value is -2.08. The highest BCUT2D eigenvalue weighted by atomic mass is 14.4. The quantitative estimate of drug-likeness (QED) is 0.135. The maximum Gasteiger partial charge on any atom is -0.0233 e. The van der Waals surface area contributed by atoms with Gasteiger partial charge in [0.1, 0.15) is 0 Å². The second-order valence-electron chi connectivity index (χ2n) is 25.9. The summed E-state index contributed by atoms with van der Waals surface area (Å²) in [4.78, 5) is 0. The van der Waals surface area contributed by atoms with Crippen molar-refractivity contribution in [2.24, 2.45) is 94.7 Å². The van der Waals surface area contributed by atoms with Crippen LogP contribution in [0.2, 0.25) is 0 Å². The maximum atomic E-state index is 3.93. The third-order valence-electron chi connectivity index (χ3n) is 21.2. The van der Waals surface area contributed by atoms with Crippen molar-refractivity contribution in [3.63, 3.8) is 0 Å². The molecule has 0 heterocycles. The van der Waals surface area contributed by atoms with Crippen molar-refractivity contribution >= 4 is 0 Å². The summed E-state index contributed by atoms with van der Waals surface area (Å²) >= 11 is 0. The van der Waals surface area contributed by atoms with Crippen LogP contribution in [0.1, 0.15) is 259 Å². The Labute approximate surface area is 450 Å². The Bertz CT molecular complexity index is 1390. The summed E-state index contributed by atoms with van der Waals surface area (Å²) in [5, 5.41) is 0.